The Bertz CT molecular complexity index is 537. The van der Waals surface area contributed by atoms with Crippen molar-refractivity contribution in [3.8, 4) is 0 Å². The summed E-state index contributed by atoms with van der Waals surface area (Å²) in [5, 5.41) is 8.95. The summed E-state index contributed by atoms with van der Waals surface area (Å²) in [7, 11) is 0. The Hall–Kier alpha value is -1.86. The van der Waals surface area contributed by atoms with Crippen LogP contribution in [-0.2, 0) is 9.59 Å². The number of carbonyl (C=O) groups is 3. The van der Waals surface area contributed by atoms with Crippen LogP contribution in [0.5, 0.6) is 0 Å². The van der Waals surface area contributed by atoms with E-state index in [1.165, 1.54) is 4.90 Å². The van der Waals surface area contributed by atoms with Gasteiger partial charge < -0.3 is 19.8 Å². The molecule has 0 aliphatic carbocycles. The number of hydrogen-bond donors (Lipinski definition) is 1. The number of likely N-dealkylation sites (tertiary alicyclic amines) is 3. The van der Waals surface area contributed by atoms with Gasteiger partial charge in [0.1, 0.15) is 0 Å². The largest absolute Gasteiger partial charge is 0.479 e. The van der Waals surface area contributed by atoms with Gasteiger partial charge in [-0.2, -0.15) is 0 Å². The first-order valence-corrected chi connectivity index (χ1v) is 8.66. The number of rotatable bonds is 2. The van der Waals surface area contributed by atoms with E-state index in [1.807, 2.05) is 4.90 Å². The Morgan fingerprint density at radius 2 is 1.62 bits per heavy atom. The molecular weight excluding hydrogens is 317 g/mol. The van der Waals surface area contributed by atoms with Gasteiger partial charge in [0, 0.05) is 39.1 Å². The highest BCUT2D eigenvalue weighted by atomic mass is 19.1. The van der Waals surface area contributed by atoms with Crippen LogP contribution in [0.25, 0.3) is 0 Å². The second-order valence-corrected chi connectivity index (χ2v) is 7.04. The number of nitrogens with zero attached hydrogens (tertiary/aromatic N) is 3. The predicted octanol–water partition coefficient (Wildman–Crippen LogP) is 0.939. The standard InChI is InChI=1S/C16H24FN3O4/c17-16(14(22)23)5-9-20(11-16)13(21)12-4-3-8-19(10-12)15(24)18-6-1-2-7-18/h12H,1-11H2,(H,22,23). The number of halogens is 1. The maximum Gasteiger partial charge on any atom is 0.343 e. The topological polar surface area (TPSA) is 81.2 Å². The smallest absolute Gasteiger partial charge is 0.343 e. The molecule has 3 amide bonds. The van der Waals surface area contributed by atoms with Crippen LogP contribution in [0, 0.1) is 5.92 Å². The van der Waals surface area contributed by atoms with Gasteiger partial charge >= 0.3 is 12.0 Å². The molecule has 0 bridgehead atoms. The molecule has 134 valence electrons. The van der Waals surface area contributed by atoms with Gasteiger partial charge in [-0.15, -0.1) is 0 Å². The lowest BCUT2D eigenvalue weighted by atomic mass is 9.96. The Morgan fingerprint density at radius 1 is 0.958 bits per heavy atom. The van der Waals surface area contributed by atoms with Crippen LogP contribution in [0.3, 0.4) is 0 Å². The normalized spacial score (nSPS) is 30.7. The van der Waals surface area contributed by atoms with Crippen molar-refractivity contribution >= 4 is 17.9 Å². The fourth-order valence-electron chi connectivity index (χ4n) is 3.85. The van der Waals surface area contributed by atoms with Crippen molar-refractivity contribution in [1.29, 1.82) is 0 Å². The van der Waals surface area contributed by atoms with Crippen LogP contribution in [0.2, 0.25) is 0 Å². The number of amides is 3. The molecule has 3 aliphatic heterocycles. The maximum atomic E-state index is 14.2. The fourth-order valence-corrected chi connectivity index (χ4v) is 3.85. The predicted molar refractivity (Wildman–Crippen MR) is 83.2 cm³/mol. The first-order chi connectivity index (χ1) is 11.4. The zero-order chi connectivity index (χ0) is 17.3. The average molecular weight is 341 g/mol. The Balaban J connectivity index is 1.59. The minimum atomic E-state index is -2.34. The minimum absolute atomic E-state index is 0.0169. The summed E-state index contributed by atoms with van der Waals surface area (Å²) in [5.41, 5.74) is -2.34. The summed E-state index contributed by atoms with van der Waals surface area (Å²) in [6.07, 6.45) is 3.26. The van der Waals surface area contributed by atoms with Gasteiger partial charge in [-0.1, -0.05) is 0 Å². The van der Waals surface area contributed by atoms with Crippen molar-refractivity contribution < 1.29 is 23.9 Å². The van der Waals surface area contributed by atoms with E-state index in [1.54, 1.807) is 4.90 Å². The van der Waals surface area contributed by atoms with Crippen LogP contribution in [0.15, 0.2) is 0 Å². The third-order valence-corrected chi connectivity index (χ3v) is 5.33. The Kier molecular flexibility index (Phi) is 4.64. The molecule has 24 heavy (non-hydrogen) atoms. The molecule has 0 aromatic rings. The fraction of sp³-hybridized carbons (Fsp3) is 0.812. The highest BCUT2D eigenvalue weighted by molar-refractivity contribution is 5.84. The highest BCUT2D eigenvalue weighted by Crippen LogP contribution is 2.29. The molecule has 0 aromatic heterocycles. The van der Waals surface area contributed by atoms with E-state index in [9.17, 15) is 18.8 Å². The minimum Gasteiger partial charge on any atom is -0.479 e. The molecule has 0 radical (unpaired) electrons. The molecular formula is C16H24FN3O4. The molecule has 3 fully saturated rings. The number of carbonyl (C=O) groups excluding carboxylic acids is 2. The molecule has 3 rings (SSSR count). The Morgan fingerprint density at radius 3 is 2.25 bits per heavy atom. The molecule has 0 spiro atoms. The molecule has 0 aromatic carbocycles. The van der Waals surface area contributed by atoms with Gasteiger partial charge in [0.15, 0.2) is 0 Å². The molecule has 3 aliphatic rings. The van der Waals surface area contributed by atoms with E-state index < -0.39 is 18.2 Å². The van der Waals surface area contributed by atoms with E-state index >= 15 is 0 Å². The van der Waals surface area contributed by atoms with E-state index in [4.69, 9.17) is 5.11 Å². The molecule has 3 saturated heterocycles. The van der Waals surface area contributed by atoms with Gasteiger partial charge in [0.05, 0.1) is 12.5 Å². The lowest BCUT2D eigenvalue weighted by molar-refractivity contribution is -0.150. The zero-order valence-corrected chi connectivity index (χ0v) is 13.7. The second kappa shape index (κ2) is 6.57. The zero-order valence-electron chi connectivity index (χ0n) is 13.7. The van der Waals surface area contributed by atoms with Crippen LogP contribution >= 0.6 is 0 Å². The molecule has 2 atom stereocenters. The van der Waals surface area contributed by atoms with Gasteiger partial charge in [0.25, 0.3) is 0 Å². The van der Waals surface area contributed by atoms with Crippen molar-refractivity contribution in [1.82, 2.24) is 14.7 Å². The van der Waals surface area contributed by atoms with E-state index in [0.29, 0.717) is 19.5 Å². The average Bonchev–Trinajstić information content (AvgIpc) is 3.24. The van der Waals surface area contributed by atoms with Crippen LogP contribution in [0.1, 0.15) is 32.1 Å². The van der Waals surface area contributed by atoms with E-state index in [-0.39, 0.29) is 30.8 Å². The molecule has 0 saturated carbocycles. The summed E-state index contributed by atoms with van der Waals surface area (Å²) < 4.78 is 14.2. The highest BCUT2D eigenvalue weighted by Gasteiger charge is 2.48. The lowest BCUT2D eigenvalue weighted by Crippen LogP contribution is -2.50. The second-order valence-electron chi connectivity index (χ2n) is 7.04. The number of aliphatic carboxylic acids is 1. The molecule has 8 heteroatoms. The van der Waals surface area contributed by atoms with Crippen molar-refractivity contribution in [3.63, 3.8) is 0 Å². The number of urea groups is 1. The monoisotopic (exact) mass is 341 g/mol. The first-order valence-electron chi connectivity index (χ1n) is 8.66. The third kappa shape index (κ3) is 3.18. The summed E-state index contributed by atoms with van der Waals surface area (Å²) in [5.74, 6) is -2.09. The molecule has 2 unspecified atom stereocenters. The number of carboxylic acids is 1. The summed E-state index contributed by atoms with van der Waals surface area (Å²) in [6.45, 7) is 2.25. The molecule has 7 nitrogen and oxygen atoms in total. The number of carboxylic acid groups (broad SMARTS) is 1. The third-order valence-electron chi connectivity index (χ3n) is 5.33. The van der Waals surface area contributed by atoms with Crippen LogP contribution in [0.4, 0.5) is 9.18 Å². The molecule has 3 heterocycles. The van der Waals surface area contributed by atoms with E-state index in [2.05, 4.69) is 0 Å². The van der Waals surface area contributed by atoms with Crippen molar-refractivity contribution in [3.05, 3.63) is 0 Å². The van der Waals surface area contributed by atoms with Crippen LogP contribution < -0.4 is 0 Å². The first kappa shape index (κ1) is 17.0. The maximum absolute atomic E-state index is 14.2. The van der Waals surface area contributed by atoms with E-state index in [0.717, 1.165) is 32.4 Å². The van der Waals surface area contributed by atoms with Gasteiger partial charge in [-0.3, -0.25) is 4.79 Å². The van der Waals surface area contributed by atoms with Crippen molar-refractivity contribution in [2.24, 2.45) is 5.92 Å². The summed E-state index contributed by atoms with van der Waals surface area (Å²) in [4.78, 5) is 40.9. The summed E-state index contributed by atoms with van der Waals surface area (Å²) in [6, 6.07) is -0.0169. The SMILES string of the molecule is O=C(C1CCCN(C(=O)N2CCCC2)C1)N1CCC(F)(C(=O)O)C1. The number of piperidine rings is 1. The van der Waals surface area contributed by atoms with Crippen LogP contribution in [-0.4, -0.2) is 82.7 Å². The van der Waals surface area contributed by atoms with Crippen molar-refractivity contribution in [2.45, 2.75) is 37.8 Å². The van der Waals surface area contributed by atoms with Gasteiger partial charge in [-0.25, -0.2) is 14.0 Å². The lowest BCUT2D eigenvalue weighted by Gasteiger charge is -2.36. The number of alkyl halides is 1. The number of hydrogen-bond acceptors (Lipinski definition) is 3. The Labute approximate surface area is 140 Å². The van der Waals surface area contributed by atoms with Crippen molar-refractivity contribution in [2.75, 3.05) is 39.3 Å². The molecule has 1 N–H and O–H groups in total. The quantitative estimate of drug-likeness (QED) is 0.810. The van der Waals surface area contributed by atoms with Gasteiger partial charge in [-0.05, 0) is 25.7 Å². The summed E-state index contributed by atoms with van der Waals surface area (Å²) >= 11 is 0. The van der Waals surface area contributed by atoms with Gasteiger partial charge in [0.2, 0.25) is 11.6 Å².